The van der Waals surface area contributed by atoms with E-state index in [0.717, 1.165) is 0 Å². The Morgan fingerprint density at radius 2 is 1.67 bits per heavy atom. The van der Waals surface area contributed by atoms with Crippen molar-refractivity contribution in [3.63, 3.8) is 0 Å². The molecule has 0 aromatic rings. The number of hydrogen-bond donors (Lipinski definition) is 3. The third kappa shape index (κ3) is 9.28. The number of ether oxygens (including phenoxy) is 1. The predicted octanol–water partition coefficient (Wildman–Crippen LogP) is 2.40. The van der Waals surface area contributed by atoms with Crippen LogP contribution in [0.2, 0.25) is 0 Å². The summed E-state index contributed by atoms with van der Waals surface area (Å²) in [4.78, 5) is 22.7. The van der Waals surface area contributed by atoms with Crippen LogP contribution in [0.3, 0.4) is 0 Å². The summed E-state index contributed by atoms with van der Waals surface area (Å²) in [7, 11) is 0. The fourth-order valence-corrected chi connectivity index (χ4v) is 1.91. The molecule has 0 bridgehead atoms. The number of amides is 1. The number of carbonyl (C=O) groups is 2. The minimum atomic E-state index is -0.963. The van der Waals surface area contributed by atoms with Crippen LogP contribution in [0.1, 0.15) is 54.4 Å². The highest BCUT2D eigenvalue weighted by Gasteiger charge is 2.28. The van der Waals surface area contributed by atoms with Gasteiger partial charge >= 0.3 is 12.1 Å². The second-order valence-electron chi connectivity index (χ2n) is 6.92. The molecular weight excluding hydrogens is 274 g/mol. The zero-order chi connectivity index (χ0) is 16.8. The van der Waals surface area contributed by atoms with Crippen LogP contribution in [0.15, 0.2) is 0 Å². The van der Waals surface area contributed by atoms with Crippen molar-refractivity contribution in [1.82, 2.24) is 5.32 Å². The van der Waals surface area contributed by atoms with Crippen molar-refractivity contribution in [3.05, 3.63) is 0 Å². The summed E-state index contributed by atoms with van der Waals surface area (Å²) in [5.74, 6) is -1.38. The first-order valence-electron chi connectivity index (χ1n) is 7.32. The van der Waals surface area contributed by atoms with E-state index >= 15 is 0 Å². The van der Waals surface area contributed by atoms with E-state index in [1.807, 2.05) is 13.8 Å². The van der Waals surface area contributed by atoms with Gasteiger partial charge in [-0.15, -0.1) is 0 Å². The average molecular weight is 303 g/mol. The highest BCUT2D eigenvalue weighted by molar-refractivity contribution is 5.69. The molecule has 6 nitrogen and oxygen atoms in total. The number of aliphatic hydroxyl groups excluding tert-OH is 1. The van der Waals surface area contributed by atoms with Gasteiger partial charge in [-0.25, -0.2) is 4.79 Å². The molecule has 124 valence electrons. The Bertz CT molecular complexity index is 348. The van der Waals surface area contributed by atoms with E-state index in [1.54, 1.807) is 20.8 Å². The largest absolute Gasteiger partial charge is 0.481 e. The summed E-state index contributed by atoms with van der Waals surface area (Å²) in [6.07, 6.45) is -0.892. The molecule has 0 aliphatic heterocycles. The highest BCUT2D eigenvalue weighted by Crippen LogP contribution is 2.16. The van der Waals surface area contributed by atoms with Gasteiger partial charge in [0.1, 0.15) is 5.60 Å². The monoisotopic (exact) mass is 303 g/mol. The lowest BCUT2D eigenvalue weighted by atomic mass is 9.93. The molecule has 0 radical (unpaired) electrons. The van der Waals surface area contributed by atoms with Crippen LogP contribution in [0.4, 0.5) is 4.79 Å². The molecule has 1 amide bonds. The van der Waals surface area contributed by atoms with Gasteiger partial charge in [0.2, 0.25) is 0 Å². The molecule has 0 aromatic carbocycles. The molecule has 0 saturated carbocycles. The molecular formula is C15H29NO5. The molecule has 3 atom stereocenters. The van der Waals surface area contributed by atoms with Crippen LogP contribution in [-0.2, 0) is 9.53 Å². The van der Waals surface area contributed by atoms with Crippen molar-refractivity contribution in [2.75, 3.05) is 0 Å². The molecule has 0 aromatic heterocycles. The van der Waals surface area contributed by atoms with Crippen LogP contribution in [0, 0.1) is 11.8 Å². The maximum Gasteiger partial charge on any atom is 0.407 e. The molecule has 6 heteroatoms. The molecule has 0 heterocycles. The van der Waals surface area contributed by atoms with Crippen molar-refractivity contribution in [1.29, 1.82) is 0 Å². The first kappa shape index (κ1) is 19.7. The van der Waals surface area contributed by atoms with E-state index in [0.29, 0.717) is 6.42 Å². The Hall–Kier alpha value is -1.30. The molecule has 0 rings (SSSR count). The number of aliphatic hydroxyl groups is 1. The van der Waals surface area contributed by atoms with E-state index in [9.17, 15) is 14.7 Å². The van der Waals surface area contributed by atoms with Crippen molar-refractivity contribution in [2.24, 2.45) is 11.8 Å². The molecule has 3 unspecified atom stereocenters. The number of nitrogens with one attached hydrogen (secondary N) is 1. The van der Waals surface area contributed by atoms with Crippen molar-refractivity contribution >= 4 is 12.1 Å². The SMILES string of the molecule is CC(C)CC(NC(=O)OC(C)(C)C)C(O)CC(C)C(=O)O. The lowest BCUT2D eigenvalue weighted by Crippen LogP contribution is -2.46. The van der Waals surface area contributed by atoms with E-state index in [2.05, 4.69) is 5.32 Å². The van der Waals surface area contributed by atoms with Crippen LogP contribution in [0.25, 0.3) is 0 Å². The quantitative estimate of drug-likeness (QED) is 0.671. The fraction of sp³-hybridized carbons (Fsp3) is 0.867. The average Bonchev–Trinajstić information content (AvgIpc) is 2.24. The summed E-state index contributed by atoms with van der Waals surface area (Å²) in [6, 6.07) is -0.526. The van der Waals surface area contributed by atoms with Crippen LogP contribution in [-0.4, -0.2) is 40.0 Å². The minimum absolute atomic E-state index is 0.0858. The van der Waals surface area contributed by atoms with Crippen molar-refractivity contribution < 1.29 is 24.5 Å². The van der Waals surface area contributed by atoms with Gasteiger partial charge in [-0.3, -0.25) is 4.79 Å². The summed E-state index contributed by atoms with van der Waals surface area (Å²) in [5, 5.41) is 21.7. The highest BCUT2D eigenvalue weighted by atomic mass is 16.6. The van der Waals surface area contributed by atoms with Gasteiger partial charge in [-0.2, -0.15) is 0 Å². The fourth-order valence-electron chi connectivity index (χ4n) is 1.91. The minimum Gasteiger partial charge on any atom is -0.481 e. The zero-order valence-corrected chi connectivity index (χ0v) is 13.8. The molecule has 0 aliphatic rings. The number of rotatable bonds is 7. The van der Waals surface area contributed by atoms with Gasteiger partial charge in [-0.1, -0.05) is 20.8 Å². The van der Waals surface area contributed by atoms with Gasteiger partial charge in [0.15, 0.2) is 0 Å². The summed E-state index contributed by atoms with van der Waals surface area (Å²) < 4.78 is 5.17. The Morgan fingerprint density at radius 3 is 2.05 bits per heavy atom. The molecule has 0 fully saturated rings. The Labute approximate surface area is 126 Å². The lowest BCUT2D eigenvalue weighted by Gasteiger charge is -2.28. The third-order valence-electron chi connectivity index (χ3n) is 2.91. The van der Waals surface area contributed by atoms with Gasteiger partial charge in [0.25, 0.3) is 0 Å². The van der Waals surface area contributed by atoms with E-state index in [4.69, 9.17) is 9.84 Å². The van der Waals surface area contributed by atoms with E-state index < -0.39 is 35.7 Å². The number of hydrogen-bond acceptors (Lipinski definition) is 4. The number of carboxylic acids is 1. The standard InChI is InChI=1S/C15H29NO5/c1-9(2)7-11(12(17)8-10(3)13(18)19)16-14(20)21-15(4,5)6/h9-12,17H,7-8H2,1-6H3,(H,16,20)(H,18,19). The second-order valence-corrected chi connectivity index (χ2v) is 6.92. The van der Waals surface area contributed by atoms with Gasteiger partial charge in [0, 0.05) is 0 Å². The lowest BCUT2D eigenvalue weighted by molar-refractivity contribution is -0.142. The number of carboxylic acid groups (broad SMARTS) is 1. The van der Waals surface area contributed by atoms with Gasteiger partial charge in [-0.05, 0) is 39.5 Å². The van der Waals surface area contributed by atoms with Crippen LogP contribution >= 0.6 is 0 Å². The number of alkyl carbamates (subject to hydrolysis) is 1. The summed E-state index contributed by atoms with van der Waals surface area (Å²) in [6.45, 7) is 10.7. The van der Waals surface area contributed by atoms with Crippen LogP contribution < -0.4 is 5.32 Å². The van der Waals surface area contributed by atoms with Gasteiger partial charge < -0.3 is 20.3 Å². The second kappa shape index (κ2) is 8.22. The smallest absolute Gasteiger partial charge is 0.407 e. The molecule has 3 N–H and O–H groups in total. The van der Waals surface area contributed by atoms with Crippen molar-refractivity contribution in [2.45, 2.75) is 72.1 Å². The normalized spacial score (nSPS) is 16.2. The summed E-state index contributed by atoms with van der Waals surface area (Å²) in [5.41, 5.74) is -0.619. The third-order valence-corrected chi connectivity index (χ3v) is 2.91. The Morgan fingerprint density at radius 1 is 1.14 bits per heavy atom. The van der Waals surface area contributed by atoms with Crippen LogP contribution in [0.5, 0.6) is 0 Å². The maximum atomic E-state index is 11.8. The van der Waals surface area contributed by atoms with Gasteiger partial charge in [0.05, 0.1) is 18.1 Å². The first-order chi connectivity index (χ1) is 9.42. The number of aliphatic carboxylic acids is 1. The number of carbonyl (C=O) groups excluding carboxylic acids is 1. The van der Waals surface area contributed by atoms with E-state index in [-0.39, 0.29) is 12.3 Å². The summed E-state index contributed by atoms with van der Waals surface area (Å²) >= 11 is 0. The van der Waals surface area contributed by atoms with E-state index in [1.165, 1.54) is 6.92 Å². The molecule has 0 aliphatic carbocycles. The zero-order valence-electron chi connectivity index (χ0n) is 13.8. The Kier molecular flexibility index (Phi) is 7.71. The molecule has 0 spiro atoms. The van der Waals surface area contributed by atoms with Crippen molar-refractivity contribution in [3.8, 4) is 0 Å². The molecule has 0 saturated heterocycles. The molecule has 21 heavy (non-hydrogen) atoms. The Balaban J connectivity index is 4.71. The topological polar surface area (TPSA) is 95.9 Å². The predicted molar refractivity (Wildman–Crippen MR) is 80.0 cm³/mol. The maximum absolute atomic E-state index is 11.8. The first-order valence-corrected chi connectivity index (χ1v) is 7.32.